The molecule has 2 aromatic rings. The number of carbonyl (C=O) groups excluding carboxylic acids is 1. The Labute approximate surface area is 154 Å². The van der Waals surface area contributed by atoms with Crippen LogP contribution >= 0.6 is 0 Å². The molecule has 0 aliphatic carbocycles. The summed E-state index contributed by atoms with van der Waals surface area (Å²) in [4.78, 5) is 12.4. The van der Waals surface area contributed by atoms with Crippen LogP contribution in [0.2, 0.25) is 0 Å². The minimum Gasteiger partial charge on any atom is -0.369 e. The lowest BCUT2D eigenvalue weighted by Crippen LogP contribution is -2.30. The molecular formula is C19H24N2O4S. The van der Waals surface area contributed by atoms with Crippen LogP contribution in [0.15, 0.2) is 59.5 Å². The number of anilines is 2. The third-order valence-electron chi connectivity index (χ3n) is 3.91. The van der Waals surface area contributed by atoms with Crippen LogP contribution in [0.4, 0.5) is 11.4 Å². The monoisotopic (exact) mass is 376 g/mol. The van der Waals surface area contributed by atoms with Gasteiger partial charge in [0.2, 0.25) is 0 Å². The minimum absolute atomic E-state index is 0.103. The molecule has 0 aromatic heterocycles. The van der Waals surface area contributed by atoms with Crippen molar-refractivity contribution in [3.63, 3.8) is 0 Å². The maximum Gasteiger partial charge on any atom is 0.264 e. The van der Waals surface area contributed by atoms with E-state index in [4.69, 9.17) is 4.74 Å². The maximum absolute atomic E-state index is 12.9. The zero-order chi connectivity index (χ0) is 19.2. The number of nitrogens with one attached hydrogen (secondary N) is 1. The summed E-state index contributed by atoms with van der Waals surface area (Å²) in [5, 5.41) is 2.72. The molecule has 1 unspecified atom stereocenters. The van der Waals surface area contributed by atoms with Gasteiger partial charge in [0.1, 0.15) is 6.10 Å². The Kier molecular flexibility index (Phi) is 6.76. The summed E-state index contributed by atoms with van der Waals surface area (Å²) in [5.41, 5.74) is 0.972. The molecule has 6 nitrogen and oxygen atoms in total. The molecule has 0 fully saturated rings. The largest absolute Gasteiger partial charge is 0.369 e. The number of hydrogen-bond acceptors (Lipinski definition) is 4. The van der Waals surface area contributed by atoms with Gasteiger partial charge in [0, 0.05) is 19.3 Å². The van der Waals surface area contributed by atoms with Crippen LogP contribution < -0.4 is 9.62 Å². The van der Waals surface area contributed by atoms with Crippen LogP contribution in [-0.4, -0.2) is 34.1 Å². The second kappa shape index (κ2) is 8.82. The van der Waals surface area contributed by atoms with Gasteiger partial charge in [-0.2, -0.15) is 0 Å². The summed E-state index contributed by atoms with van der Waals surface area (Å²) in [6.07, 6.45) is -0.0266. The third kappa shape index (κ3) is 4.62. The van der Waals surface area contributed by atoms with Gasteiger partial charge in [-0.25, -0.2) is 8.42 Å². The Morgan fingerprint density at radius 1 is 1.12 bits per heavy atom. The summed E-state index contributed by atoms with van der Waals surface area (Å²) < 4.78 is 32.3. The van der Waals surface area contributed by atoms with E-state index in [2.05, 4.69) is 5.32 Å². The van der Waals surface area contributed by atoms with Crippen molar-refractivity contribution in [2.45, 2.75) is 31.3 Å². The Hall–Kier alpha value is -2.38. The minimum atomic E-state index is -3.74. The van der Waals surface area contributed by atoms with Crippen LogP contribution in [0.3, 0.4) is 0 Å². The average molecular weight is 376 g/mol. The summed E-state index contributed by atoms with van der Waals surface area (Å²) >= 11 is 0. The molecule has 1 amide bonds. The molecule has 0 spiro atoms. The highest BCUT2D eigenvalue weighted by molar-refractivity contribution is 7.92. The van der Waals surface area contributed by atoms with Crippen LogP contribution in [0.25, 0.3) is 0 Å². The molecule has 2 aromatic carbocycles. The van der Waals surface area contributed by atoms with Crippen molar-refractivity contribution in [3.8, 4) is 0 Å². The van der Waals surface area contributed by atoms with Crippen molar-refractivity contribution >= 4 is 27.3 Å². The fourth-order valence-corrected chi connectivity index (χ4v) is 3.71. The van der Waals surface area contributed by atoms with Crippen molar-refractivity contribution in [1.82, 2.24) is 0 Å². The predicted molar refractivity (Wildman–Crippen MR) is 103 cm³/mol. The highest BCUT2D eigenvalue weighted by atomic mass is 32.2. The van der Waals surface area contributed by atoms with Crippen LogP contribution in [0.5, 0.6) is 0 Å². The number of rotatable bonds is 8. The van der Waals surface area contributed by atoms with Crippen LogP contribution in [0, 0.1) is 0 Å². The molecule has 0 saturated heterocycles. The van der Waals surface area contributed by atoms with Gasteiger partial charge < -0.3 is 10.1 Å². The average Bonchev–Trinajstić information content (AvgIpc) is 2.66. The normalized spacial score (nSPS) is 12.4. The predicted octanol–water partition coefficient (Wildman–Crippen LogP) is 3.27. The molecule has 2 rings (SSSR count). The number of para-hydroxylation sites is 1. The van der Waals surface area contributed by atoms with Gasteiger partial charge in [-0.05, 0) is 43.7 Å². The zero-order valence-electron chi connectivity index (χ0n) is 15.2. The number of carbonyl (C=O) groups is 1. The Bertz CT molecular complexity index is 838. The SMILES string of the molecule is CCOC(CC)C(=O)Nc1cccc(S(=O)(=O)N(C)c2ccccc2)c1. The molecule has 1 N–H and O–H groups in total. The molecule has 140 valence electrons. The van der Waals surface area contributed by atoms with Gasteiger partial charge in [0.05, 0.1) is 10.6 Å². The van der Waals surface area contributed by atoms with Gasteiger partial charge in [-0.15, -0.1) is 0 Å². The van der Waals surface area contributed by atoms with E-state index in [0.717, 1.165) is 0 Å². The smallest absolute Gasteiger partial charge is 0.264 e. The highest BCUT2D eigenvalue weighted by Crippen LogP contribution is 2.23. The summed E-state index contributed by atoms with van der Waals surface area (Å²) in [7, 11) is -2.24. The first-order valence-corrected chi connectivity index (χ1v) is 9.90. The molecule has 0 bridgehead atoms. The van der Waals surface area contributed by atoms with E-state index in [1.54, 1.807) is 36.4 Å². The lowest BCUT2D eigenvalue weighted by molar-refractivity contribution is -0.127. The van der Waals surface area contributed by atoms with E-state index < -0.39 is 16.1 Å². The van der Waals surface area contributed by atoms with Gasteiger partial charge in [0.25, 0.3) is 15.9 Å². The Balaban J connectivity index is 2.24. The standard InChI is InChI=1S/C19H24N2O4S/c1-4-18(25-5-2)19(22)20-15-10-9-13-17(14-15)26(23,24)21(3)16-11-7-6-8-12-16/h6-14,18H,4-5H2,1-3H3,(H,20,22). The third-order valence-corrected chi connectivity index (χ3v) is 5.69. The fourth-order valence-electron chi connectivity index (χ4n) is 2.47. The van der Waals surface area contributed by atoms with Gasteiger partial charge in [0.15, 0.2) is 0 Å². The first kappa shape index (κ1) is 19.9. The molecule has 7 heteroatoms. The Morgan fingerprint density at radius 3 is 2.42 bits per heavy atom. The highest BCUT2D eigenvalue weighted by Gasteiger charge is 2.22. The second-order valence-corrected chi connectivity index (χ2v) is 7.65. The van der Waals surface area contributed by atoms with Gasteiger partial charge in [-0.1, -0.05) is 31.2 Å². The number of sulfonamides is 1. The zero-order valence-corrected chi connectivity index (χ0v) is 16.0. The fraction of sp³-hybridized carbons (Fsp3) is 0.316. The molecule has 0 aliphatic rings. The second-order valence-electron chi connectivity index (χ2n) is 5.68. The maximum atomic E-state index is 12.9. The van der Waals surface area contributed by atoms with Crippen molar-refractivity contribution in [3.05, 3.63) is 54.6 Å². The van der Waals surface area contributed by atoms with Crippen LogP contribution in [0.1, 0.15) is 20.3 Å². The number of hydrogen-bond donors (Lipinski definition) is 1. The quantitative estimate of drug-likeness (QED) is 0.767. The van der Waals surface area contributed by atoms with E-state index >= 15 is 0 Å². The molecule has 0 aliphatic heterocycles. The van der Waals surface area contributed by atoms with E-state index in [1.165, 1.54) is 23.5 Å². The number of amides is 1. The molecular weight excluding hydrogens is 352 g/mol. The first-order chi connectivity index (χ1) is 12.4. The van der Waals surface area contributed by atoms with Crippen LogP contribution in [-0.2, 0) is 19.6 Å². The van der Waals surface area contributed by atoms with Crippen molar-refractivity contribution in [2.75, 3.05) is 23.3 Å². The van der Waals surface area contributed by atoms with Crippen molar-refractivity contribution < 1.29 is 17.9 Å². The molecule has 0 radical (unpaired) electrons. The number of nitrogens with zero attached hydrogens (tertiary/aromatic N) is 1. The van der Waals surface area contributed by atoms with E-state index in [1.807, 2.05) is 19.9 Å². The van der Waals surface area contributed by atoms with Gasteiger partial charge in [-0.3, -0.25) is 9.10 Å². The topological polar surface area (TPSA) is 75.7 Å². The van der Waals surface area contributed by atoms with E-state index in [9.17, 15) is 13.2 Å². The molecule has 1 atom stereocenters. The summed E-state index contributed by atoms with van der Waals surface area (Å²) in [6, 6.07) is 15.0. The molecule has 0 heterocycles. The first-order valence-electron chi connectivity index (χ1n) is 8.46. The molecule has 26 heavy (non-hydrogen) atoms. The Morgan fingerprint density at radius 2 is 1.81 bits per heavy atom. The molecule has 0 saturated carbocycles. The van der Waals surface area contributed by atoms with Crippen molar-refractivity contribution in [2.24, 2.45) is 0 Å². The number of ether oxygens (including phenoxy) is 1. The van der Waals surface area contributed by atoms with Crippen molar-refractivity contribution in [1.29, 1.82) is 0 Å². The lowest BCUT2D eigenvalue weighted by Gasteiger charge is -2.20. The van der Waals surface area contributed by atoms with Gasteiger partial charge >= 0.3 is 0 Å². The van der Waals surface area contributed by atoms with E-state index in [0.29, 0.717) is 24.4 Å². The summed E-state index contributed by atoms with van der Waals surface area (Å²) in [6.45, 7) is 4.11. The van der Waals surface area contributed by atoms with E-state index in [-0.39, 0.29) is 10.8 Å². The summed E-state index contributed by atoms with van der Waals surface area (Å²) in [5.74, 6) is -0.291. The lowest BCUT2D eigenvalue weighted by atomic mass is 10.2. The number of benzene rings is 2.